The van der Waals surface area contributed by atoms with E-state index in [4.69, 9.17) is 4.42 Å². The van der Waals surface area contributed by atoms with Crippen LogP contribution in [-0.2, 0) is 6.54 Å². The molecule has 9 nitrogen and oxygen atoms in total. The molecule has 0 bridgehead atoms. The zero-order valence-electron chi connectivity index (χ0n) is 17.9. The number of nitrogens with zero attached hydrogens (tertiary/aromatic N) is 5. The van der Waals surface area contributed by atoms with Gasteiger partial charge in [0, 0.05) is 50.8 Å². The van der Waals surface area contributed by atoms with Crippen molar-refractivity contribution in [2.24, 2.45) is 5.92 Å². The molecule has 1 fully saturated rings. The molecule has 0 spiro atoms. The standard InChI is InChI=1S/C22H26N6O3/c1-4-28-13-18(14(2)26-28)22(30)27-11-17(19(12-27)21-25-24-15(3)31-21)10-23-20(29)16-8-6-5-7-9-16/h5-9,13,17,19H,4,10-12H2,1-3H3,(H,23,29)/t17-,19-/m0/s1. The minimum absolute atomic E-state index is 0.0435. The topological polar surface area (TPSA) is 106 Å². The molecule has 1 aromatic carbocycles. The fourth-order valence-corrected chi connectivity index (χ4v) is 3.96. The number of carbonyl (C=O) groups excluding carboxylic acids is 2. The summed E-state index contributed by atoms with van der Waals surface area (Å²) < 4.78 is 7.44. The molecular formula is C22H26N6O3. The maximum atomic E-state index is 13.2. The maximum absolute atomic E-state index is 13.2. The summed E-state index contributed by atoms with van der Waals surface area (Å²) in [5.74, 6) is 0.557. The van der Waals surface area contributed by atoms with E-state index < -0.39 is 0 Å². The first-order valence-corrected chi connectivity index (χ1v) is 10.4. The van der Waals surface area contributed by atoms with Crippen LogP contribution in [0.4, 0.5) is 0 Å². The highest BCUT2D eigenvalue weighted by atomic mass is 16.4. The van der Waals surface area contributed by atoms with E-state index in [1.54, 1.807) is 34.8 Å². The Kier molecular flexibility index (Phi) is 5.83. The van der Waals surface area contributed by atoms with Gasteiger partial charge in [0.15, 0.2) is 0 Å². The molecule has 3 heterocycles. The molecule has 2 amide bonds. The van der Waals surface area contributed by atoms with E-state index in [0.717, 1.165) is 0 Å². The van der Waals surface area contributed by atoms with Gasteiger partial charge in [-0.2, -0.15) is 5.10 Å². The molecule has 31 heavy (non-hydrogen) atoms. The normalized spacial score (nSPS) is 18.4. The Morgan fingerprint density at radius 1 is 1.16 bits per heavy atom. The molecule has 0 saturated carbocycles. The van der Waals surface area contributed by atoms with E-state index >= 15 is 0 Å². The molecule has 2 aromatic heterocycles. The van der Waals surface area contributed by atoms with E-state index in [1.807, 2.05) is 32.0 Å². The number of benzene rings is 1. The van der Waals surface area contributed by atoms with Crippen molar-refractivity contribution in [1.82, 2.24) is 30.2 Å². The molecule has 1 aliphatic heterocycles. The molecule has 9 heteroatoms. The fourth-order valence-electron chi connectivity index (χ4n) is 3.96. The summed E-state index contributed by atoms with van der Waals surface area (Å²) in [5, 5.41) is 15.5. The van der Waals surface area contributed by atoms with Crippen LogP contribution in [0.5, 0.6) is 0 Å². The average molecular weight is 422 g/mol. The number of nitrogens with one attached hydrogen (secondary N) is 1. The van der Waals surface area contributed by atoms with Crippen molar-refractivity contribution in [2.45, 2.75) is 33.2 Å². The number of carbonyl (C=O) groups is 2. The molecule has 2 atom stereocenters. The SMILES string of the molecule is CCn1cc(C(=O)N2C[C@H](CNC(=O)c3ccccc3)[C@@H](c3nnc(C)o3)C2)c(C)n1. The van der Waals surface area contributed by atoms with Gasteiger partial charge in [0.2, 0.25) is 11.8 Å². The lowest BCUT2D eigenvalue weighted by Crippen LogP contribution is -2.33. The van der Waals surface area contributed by atoms with E-state index in [1.165, 1.54) is 0 Å². The first-order valence-electron chi connectivity index (χ1n) is 10.4. The molecule has 4 rings (SSSR count). The second-order valence-corrected chi connectivity index (χ2v) is 7.80. The van der Waals surface area contributed by atoms with E-state index in [0.29, 0.717) is 54.8 Å². The zero-order valence-corrected chi connectivity index (χ0v) is 17.9. The van der Waals surface area contributed by atoms with Crippen LogP contribution in [0.25, 0.3) is 0 Å². The average Bonchev–Trinajstić information content (AvgIpc) is 3.50. The van der Waals surface area contributed by atoms with Crippen molar-refractivity contribution < 1.29 is 14.0 Å². The van der Waals surface area contributed by atoms with E-state index in [-0.39, 0.29) is 23.7 Å². The monoisotopic (exact) mass is 422 g/mol. The lowest BCUT2D eigenvalue weighted by atomic mass is 9.96. The van der Waals surface area contributed by atoms with Crippen molar-refractivity contribution in [3.8, 4) is 0 Å². The first kappa shape index (κ1) is 20.8. The Morgan fingerprint density at radius 3 is 2.58 bits per heavy atom. The number of likely N-dealkylation sites (tertiary alicyclic amines) is 1. The highest BCUT2D eigenvalue weighted by molar-refractivity contribution is 5.95. The van der Waals surface area contributed by atoms with Gasteiger partial charge in [-0.25, -0.2) is 0 Å². The number of hydrogen-bond acceptors (Lipinski definition) is 6. The third kappa shape index (κ3) is 4.35. The van der Waals surface area contributed by atoms with Crippen LogP contribution in [0.2, 0.25) is 0 Å². The van der Waals surface area contributed by atoms with Gasteiger partial charge in [0.25, 0.3) is 11.8 Å². The molecule has 162 valence electrons. The molecule has 0 aliphatic carbocycles. The number of aromatic nitrogens is 4. The summed E-state index contributed by atoms with van der Waals surface area (Å²) in [6.07, 6.45) is 1.79. The summed E-state index contributed by atoms with van der Waals surface area (Å²) in [7, 11) is 0. The summed E-state index contributed by atoms with van der Waals surface area (Å²) in [6.45, 7) is 7.59. The van der Waals surface area contributed by atoms with Gasteiger partial charge in [-0.15, -0.1) is 10.2 Å². The summed E-state index contributed by atoms with van der Waals surface area (Å²) in [6, 6.07) is 9.06. The van der Waals surface area contributed by atoms with Crippen LogP contribution < -0.4 is 5.32 Å². The lowest BCUT2D eigenvalue weighted by molar-refractivity contribution is 0.0784. The van der Waals surface area contributed by atoms with Gasteiger partial charge in [-0.3, -0.25) is 14.3 Å². The van der Waals surface area contributed by atoms with Crippen molar-refractivity contribution in [3.63, 3.8) is 0 Å². The zero-order chi connectivity index (χ0) is 22.0. The van der Waals surface area contributed by atoms with Crippen molar-refractivity contribution >= 4 is 11.8 Å². The second-order valence-electron chi connectivity index (χ2n) is 7.80. The molecule has 1 N–H and O–H groups in total. The van der Waals surface area contributed by atoms with Crippen molar-refractivity contribution in [3.05, 3.63) is 65.1 Å². The van der Waals surface area contributed by atoms with Gasteiger partial charge in [-0.05, 0) is 26.0 Å². The second kappa shape index (κ2) is 8.71. The highest BCUT2D eigenvalue weighted by Crippen LogP contribution is 2.33. The van der Waals surface area contributed by atoms with Crippen LogP contribution in [0, 0.1) is 19.8 Å². The van der Waals surface area contributed by atoms with Gasteiger partial charge < -0.3 is 14.6 Å². The molecule has 1 aliphatic rings. The molecular weight excluding hydrogens is 396 g/mol. The smallest absolute Gasteiger partial charge is 0.257 e. The van der Waals surface area contributed by atoms with Crippen LogP contribution >= 0.6 is 0 Å². The Hall–Kier alpha value is -3.49. The Morgan fingerprint density at radius 2 is 1.94 bits per heavy atom. The minimum Gasteiger partial charge on any atom is -0.425 e. The highest BCUT2D eigenvalue weighted by Gasteiger charge is 2.40. The Labute approximate surface area is 180 Å². The van der Waals surface area contributed by atoms with Gasteiger partial charge in [0.05, 0.1) is 17.2 Å². The Bertz CT molecular complexity index is 1070. The fraction of sp³-hybridized carbons (Fsp3) is 0.409. The van der Waals surface area contributed by atoms with Crippen molar-refractivity contribution in [2.75, 3.05) is 19.6 Å². The van der Waals surface area contributed by atoms with Gasteiger partial charge >= 0.3 is 0 Å². The third-order valence-electron chi connectivity index (χ3n) is 5.65. The summed E-state index contributed by atoms with van der Waals surface area (Å²) in [5.41, 5.74) is 1.90. The molecule has 1 saturated heterocycles. The van der Waals surface area contributed by atoms with Gasteiger partial charge in [-0.1, -0.05) is 18.2 Å². The Balaban J connectivity index is 1.51. The van der Waals surface area contributed by atoms with Crippen LogP contribution in [0.1, 0.15) is 51.0 Å². The largest absolute Gasteiger partial charge is 0.425 e. The number of rotatable bonds is 6. The number of aryl methyl sites for hydroxylation is 3. The third-order valence-corrected chi connectivity index (χ3v) is 5.65. The minimum atomic E-state index is -0.150. The number of amides is 2. The molecule has 0 radical (unpaired) electrons. The van der Waals surface area contributed by atoms with Crippen LogP contribution in [0.3, 0.4) is 0 Å². The van der Waals surface area contributed by atoms with Crippen LogP contribution in [-0.4, -0.2) is 56.3 Å². The van der Waals surface area contributed by atoms with E-state index in [2.05, 4.69) is 20.6 Å². The quantitative estimate of drug-likeness (QED) is 0.653. The maximum Gasteiger partial charge on any atom is 0.257 e. The predicted molar refractivity (Wildman–Crippen MR) is 113 cm³/mol. The number of hydrogen-bond donors (Lipinski definition) is 1. The predicted octanol–water partition coefficient (Wildman–Crippen LogP) is 2.19. The first-order chi connectivity index (χ1) is 15.0. The van der Waals surface area contributed by atoms with Gasteiger partial charge in [0.1, 0.15) is 0 Å². The summed E-state index contributed by atoms with van der Waals surface area (Å²) in [4.78, 5) is 27.5. The van der Waals surface area contributed by atoms with Crippen molar-refractivity contribution in [1.29, 1.82) is 0 Å². The lowest BCUT2D eigenvalue weighted by Gasteiger charge is -2.16. The molecule has 3 aromatic rings. The molecule has 0 unspecified atom stereocenters. The van der Waals surface area contributed by atoms with Crippen LogP contribution in [0.15, 0.2) is 40.9 Å². The summed E-state index contributed by atoms with van der Waals surface area (Å²) >= 11 is 0. The van der Waals surface area contributed by atoms with E-state index in [9.17, 15) is 9.59 Å².